The Balaban J connectivity index is 2.95. The molecule has 0 amide bonds. The second-order valence-electron chi connectivity index (χ2n) is 2.75. The second-order valence-corrected chi connectivity index (χ2v) is 3.41. The molecule has 3 N–H and O–H groups in total. The number of hydrogen-bond donors (Lipinski definition) is 2. The van der Waals surface area contributed by atoms with Crippen molar-refractivity contribution in [1.29, 1.82) is 0 Å². The van der Waals surface area contributed by atoms with Crippen LogP contribution in [0.1, 0.15) is 0 Å². The highest BCUT2D eigenvalue weighted by Crippen LogP contribution is 2.26. The molecule has 2 unspecified atom stereocenters. The summed E-state index contributed by atoms with van der Waals surface area (Å²) in [4.78, 5) is 9.54. The zero-order valence-corrected chi connectivity index (χ0v) is 7.78. The van der Waals surface area contributed by atoms with Crippen LogP contribution in [0.5, 0.6) is 0 Å². The number of aliphatic carboxylic acids is 1. The van der Waals surface area contributed by atoms with Crippen LogP contribution in [-0.4, -0.2) is 23.2 Å². The van der Waals surface area contributed by atoms with E-state index in [-0.39, 0.29) is 5.76 Å². The number of hydrogen-bond acceptors (Lipinski definition) is 3. The molecule has 72 valence electrons. The Labute approximate surface area is 80.6 Å². The smallest absolute Gasteiger partial charge is 0.318 e. The molecule has 1 aliphatic carbocycles. The molecule has 5 heteroatoms. The van der Waals surface area contributed by atoms with Crippen LogP contribution >= 0.6 is 11.6 Å². The number of halogens is 1. The first-order chi connectivity index (χ1) is 5.96. The fourth-order valence-electron chi connectivity index (χ4n) is 1.08. The maximum Gasteiger partial charge on any atom is 0.318 e. The second kappa shape index (κ2) is 3.40. The molecule has 2 atom stereocenters. The Hall–Kier alpha value is -1.00. The summed E-state index contributed by atoms with van der Waals surface area (Å²) in [6.45, 7) is 0. The van der Waals surface area contributed by atoms with E-state index in [0.717, 1.165) is 0 Å². The van der Waals surface area contributed by atoms with Gasteiger partial charge in [-0.05, 0) is 12.2 Å². The van der Waals surface area contributed by atoms with Crippen LogP contribution in [0, 0.1) is 5.92 Å². The lowest BCUT2D eigenvalue weighted by Gasteiger charge is -2.22. The summed E-state index contributed by atoms with van der Waals surface area (Å²) >= 11 is 5.76. The summed E-state index contributed by atoms with van der Waals surface area (Å²) in [6, 6.07) is 0. The highest BCUT2D eigenvalue weighted by molar-refractivity contribution is 6.26. The van der Waals surface area contributed by atoms with Gasteiger partial charge < -0.3 is 15.6 Å². The van der Waals surface area contributed by atoms with E-state index in [1.54, 1.807) is 0 Å². The maximum absolute atomic E-state index is 10.7. The van der Waals surface area contributed by atoms with Crippen molar-refractivity contribution in [2.75, 3.05) is 7.11 Å². The molecule has 0 spiro atoms. The number of carbonyl (C=O) groups is 1. The lowest BCUT2D eigenvalue weighted by molar-refractivity contribution is -0.139. The van der Waals surface area contributed by atoms with Crippen molar-refractivity contribution in [2.24, 2.45) is 11.7 Å². The summed E-state index contributed by atoms with van der Waals surface area (Å²) in [6.07, 6.45) is 4.22. The van der Waals surface area contributed by atoms with E-state index in [4.69, 9.17) is 27.2 Å². The number of rotatable bonds is 2. The lowest BCUT2D eigenvalue weighted by Crippen LogP contribution is -2.33. The van der Waals surface area contributed by atoms with Crippen LogP contribution in [0.4, 0.5) is 0 Å². The summed E-state index contributed by atoms with van der Waals surface area (Å²) < 4.78 is 4.87. The maximum atomic E-state index is 10.7. The molecular weight excluding hydrogens is 194 g/mol. The molecule has 1 rings (SSSR count). The van der Waals surface area contributed by atoms with Crippen molar-refractivity contribution in [3.05, 3.63) is 24.0 Å². The molecule has 0 saturated carbocycles. The number of nitrogens with two attached hydrogens (primary N) is 1. The fourth-order valence-corrected chi connectivity index (χ4v) is 1.26. The van der Waals surface area contributed by atoms with Crippen LogP contribution in [0.15, 0.2) is 24.0 Å². The quantitative estimate of drug-likeness (QED) is 0.393. The van der Waals surface area contributed by atoms with Gasteiger partial charge in [-0.2, -0.15) is 0 Å². The van der Waals surface area contributed by atoms with Gasteiger partial charge in [-0.3, -0.25) is 4.79 Å². The Morgan fingerprint density at radius 3 is 2.92 bits per heavy atom. The molecule has 0 bridgehead atoms. The Kier molecular flexibility index (Phi) is 2.63. The molecule has 0 aromatic heterocycles. The van der Waals surface area contributed by atoms with Gasteiger partial charge in [0, 0.05) is 0 Å². The van der Waals surface area contributed by atoms with Crippen LogP contribution in [0.25, 0.3) is 0 Å². The molecule has 0 radical (unpaired) electrons. The van der Waals surface area contributed by atoms with E-state index in [0.29, 0.717) is 0 Å². The van der Waals surface area contributed by atoms with Crippen molar-refractivity contribution in [1.82, 2.24) is 0 Å². The van der Waals surface area contributed by atoms with Gasteiger partial charge in [0.2, 0.25) is 0 Å². The van der Waals surface area contributed by atoms with Crippen LogP contribution in [0.3, 0.4) is 0 Å². The Morgan fingerprint density at radius 2 is 2.46 bits per heavy atom. The van der Waals surface area contributed by atoms with Crippen molar-refractivity contribution >= 4 is 17.6 Å². The highest BCUT2D eigenvalue weighted by atomic mass is 35.5. The highest BCUT2D eigenvalue weighted by Gasteiger charge is 2.29. The van der Waals surface area contributed by atoms with Gasteiger partial charge in [-0.25, -0.2) is 0 Å². The standard InChI is InChI=1S/C8H10ClNO3/c1-13-6-4-8(9,10)3-2-5(6)7(11)12/h2-5H,10H2,1H3,(H,11,12). The predicted molar refractivity (Wildman–Crippen MR) is 48.1 cm³/mol. The largest absolute Gasteiger partial charge is 0.500 e. The van der Waals surface area contributed by atoms with Crippen LogP contribution < -0.4 is 5.73 Å². The zero-order chi connectivity index (χ0) is 10.1. The SMILES string of the molecule is COC1=CC(N)(Cl)C=CC1C(=O)O. The molecule has 0 aromatic carbocycles. The predicted octanol–water partition coefficient (Wildman–Crippen LogP) is 0.681. The number of methoxy groups -OCH3 is 1. The van der Waals surface area contributed by atoms with E-state index >= 15 is 0 Å². The Bertz CT molecular complexity index is 283. The van der Waals surface area contributed by atoms with E-state index in [9.17, 15) is 4.79 Å². The van der Waals surface area contributed by atoms with Crippen LogP contribution in [-0.2, 0) is 9.53 Å². The van der Waals surface area contributed by atoms with Crippen molar-refractivity contribution in [3.8, 4) is 0 Å². The normalized spacial score (nSPS) is 32.5. The molecule has 0 aromatic rings. The molecule has 0 fully saturated rings. The van der Waals surface area contributed by atoms with Gasteiger partial charge in [-0.15, -0.1) is 0 Å². The molecule has 0 saturated heterocycles. The number of carboxylic acids is 1. The third-order valence-electron chi connectivity index (χ3n) is 1.72. The summed E-state index contributed by atoms with van der Waals surface area (Å²) in [5, 5.41) is 8.75. The molecular formula is C8H10ClNO3. The summed E-state index contributed by atoms with van der Waals surface area (Å²) in [7, 11) is 1.38. The zero-order valence-electron chi connectivity index (χ0n) is 7.03. The monoisotopic (exact) mass is 203 g/mol. The third kappa shape index (κ3) is 2.23. The summed E-state index contributed by atoms with van der Waals surface area (Å²) in [5.41, 5.74) is 5.54. The van der Waals surface area contributed by atoms with Crippen molar-refractivity contribution in [2.45, 2.75) is 5.00 Å². The topological polar surface area (TPSA) is 72.5 Å². The van der Waals surface area contributed by atoms with E-state index in [1.807, 2.05) is 0 Å². The minimum Gasteiger partial charge on any atom is -0.500 e. The van der Waals surface area contributed by atoms with Gasteiger partial charge in [0.05, 0.1) is 7.11 Å². The number of alkyl halides is 1. The molecule has 0 heterocycles. The minimum absolute atomic E-state index is 0.257. The number of carboxylic acid groups (broad SMARTS) is 1. The van der Waals surface area contributed by atoms with Gasteiger partial charge >= 0.3 is 5.97 Å². The van der Waals surface area contributed by atoms with E-state index in [2.05, 4.69) is 0 Å². The molecule has 13 heavy (non-hydrogen) atoms. The molecule has 1 aliphatic rings. The van der Waals surface area contributed by atoms with Crippen molar-refractivity contribution < 1.29 is 14.6 Å². The first kappa shape index (κ1) is 10.1. The Morgan fingerprint density at radius 1 is 1.85 bits per heavy atom. The summed E-state index contributed by atoms with van der Waals surface area (Å²) in [5.74, 6) is -1.52. The first-order valence-corrected chi connectivity index (χ1v) is 4.01. The molecule has 0 aliphatic heterocycles. The van der Waals surface area contributed by atoms with Gasteiger partial charge in [0.1, 0.15) is 16.7 Å². The molecule has 4 nitrogen and oxygen atoms in total. The number of ether oxygens (including phenoxy) is 1. The van der Waals surface area contributed by atoms with E-state index in [1.165, 1.54) is 25.3 Å². The third-order valence-corrected chi connectivity index (χ3v) is 1.95. The van der Waals surface area contributed by atoms with Gasteiger partial charge in [-0.1, -0.05) is 17.7 Å². The fraction of sp³-hybridized carbons (Fsp3) is 0.375. The van der Waals surface area contributed by atoms with Crippen molar-refractivity contribution in [3.63, 3.8) is 0 Å². The van der Waals surface area contributed by atoms with Crippen LogP contribution in [0.2, 0.25) is 0 Å². The minimum atomic E-state index is -1.14. The lowest BCUT2D eigenvalue weighted by atomic mass is 9.98. The van der Waals surface area contributed by atoms with E-state index < -0.39 is 16.9 Å². The van der Waals surface area contributed by atoms with Gasteiger partial charge in [0.15, 0.2) is 0 Å². The van der Waals surface area contributed by atoms with Gasteiger partial charge in [0.25, 0.3) is 0 Å². The average molecular weight is 204 g/mol. The first-order valence-electron chi connectivity index (χ1n) is 3.63. The average Bonchev–Trinajstić information content (AvgIpc) is 2.01.